The number of para-hydroxylation sites is 1. The van der Waals surface area contributed by atoms with E-state index in [1.165, 1.54) is 19.2 Å². The van der Waals surface area contributed by atoms with Gasteiger partial charge in [-0.25, -0.2) is 4.79 Å². The molecule has 0 radical (unpaired) electrons. The zero-order valence-electron chi connectivity index (χ0n) is 8.58. The van der Waals surface area contributed by atoms with Gasteiger partial charge in [-0.15, -0.1) is 0 Å². The van der Waals surface area contributed by atoms with E-state index in [-0.39, 0.29) is 17.1 Å². The number of ether oxygens (including phenoxy) is 2. The fourth-order valence-corrected chi connectivity index (χ4v) is 1.16. The number of halogens is 3. The summed E-state index contributed by atoms with van der Waals surface area (Å²) >= 11 is 16.1. The van der Waals surface area contributed by atoms with E-state index in [4.69, 9.17) is 44.3 Å². The monoisotopic (exact) mass is 296 g/mol. The summed E-state index contributed by atoms with van der Waals surface area (Å²) in [5.74, 6) is -1.01. The van der Waals surface area contributed by atoms with Gasteiger partial charge in [0, 0.05) is 0 Å². The Morgan fingerprint density at radius 1 is 1.35 bits per heavy atom. The Kier molecular flexibility index (Phi) is 4.62. The predicted molar refractivity (Wildman–Crippen MR) is 64.3 cm³/mol. The third-order valence-electron chi connectivity index (χ3n) is 1.78. The van der Waals surface area contributed by atoms with Crippen LogP contribution in [0.1, 0.15) is 10.4 Å². The molecule has 0 fully saturated rings. The second kappa shape index (κ2) is 5.58. The van der Waals surface area contributed by atoms with Crippen LogP contribution in [0.25, 0.3) is 0 Å². The first-order valence-electron chi connectivity index (χ1n) is 4.31. The van der Waals surface area contributed by atoms with Crippen molar-refractivity contribution in [1.29, 1.82) is 0 Å². The minimum Gasteiger partial charge on any atom is -0.493 e. The molecule has 1 aromatic rings. The summed E-state index contributed by atoms with van der Waals surface area (Å²) in [4.78, 5) is 22.2. The molecule has 0 bridgehead atoms. The van der Waals surface area contributed by atoms with Crippen molar-refractivity contribution in [2.45, 2.75) is 3.79 Å². The lowest BCUT2D eigenvalue weighted by Crippen LogP contribution is -2.25. The summed E-state index contributed by atoms with van der Waals surface area (Å²) in [5.41, 5.74) is 0.118. The van der Waals surface area contributed by atoms with Crippen LogP contribution in [0.15, 0.2) is 18.2 Å². The Labute approximate surface area is 112 Å². The van der Waals surface area contributed by atoms with Crippen LogP contribution >= 0.6 is 34.8 Å². The van der Waals surface area contributed by atoms with Gasteiger partial charge in [0.2, 0.25) is 0 Å². The van der Waals surface area contributed by atoms with E-state index in [1.54, 1.807) is 6.07 Å². The molecule has 1 rings (SSSR count). The van der Waals surface area contributed by atoms with E-state index >= 15 is 0 Å². The number of methoxy groups -OCH3 is 1. The Morgan fingerprint density at radius 2 is 2.00 bits per heavy atom. The van der Waals surface area contributed by atoms with Crippen molar-refractivity contribution in [1.82, 2.24) is 0 Å². The first-order valence-corrected chi connectivity index (χ1v) is 5.44. The number of esters is 1. The molecule has 1 aromatic carbocycles. The number of carbonyl (C=O) groups excluding carboxylic acids is 2. The van der Waals surface area contributed by atoms with E-state index < -0.39 is 9.76 Å². The predicted octanol–water partition coefficient (Wildman–Crippen LogP) is 2.78. The fourth-order valence-electron chi connectivity index (χ4n) is 1.05. The van der Waals surface area contributed by atoms with Gasteiger partial charge >= 0.3 is 5.97 Å². The molecular weight excluding hydrogens is 290 g/mol. The molecule has 0 saturated carbocycles. The first-order chi connectivity index (χ1) is 7.90. The Morgan fingerprint density at radius 3 is 2.47 bits per heavy atom. The number of alkyl halides is 3. The molecule has 0 N–H and O–H groups in total. The third kappa shape index (κ3) is 3.49. The molecule has 92 valence electrons. The molecule has 0 aliphatic heterocycles. The highest BCUT2D eigenvalue weighted by atomic mass is 35.6. The van der Waals surface area contributed by atoms with Crippen LogP contribution in [0.4, 0.5) is 0 Å². The zero-order chi connectivity index (χ0) is 13.1. The Balaban J connectivity index is 3.12. The van der Waals surface area contributed by atoms with Gasteiger partial charge < -0.3 is 9.47 Å². The molecule has 0 aliphatic rings. The van der Waals surface area contributed by atoms with E-state index in [0.717, 1.165) is 0 Å². The standard InChI is InChI=1S/C10H7Cl3O4/c1-16-7-4-2-3-6(5-14)8(7)17-9(15)10(11,12)13/h2-5H,1H3. The lowest BCUT2D eigenvalue weighted by molar-refractivity contribution is -0.133. The van der Waals surface area contributed by atoms with Gasteiger partial charge in [-0.1, -0.05) is 40.9 Å². The van der Waals surface area contributed by atoms with Gasteiger partial charge in [0.1, 0.15) is 0 Å². The Hall–Kier alpha value is -0.970. The second-order valence-electron chi connectivity index (χ2n) is 2.88. The van der Waals surface area contributed by atoms with Crippen molar-refractivity contribution in [3.63, 3.8) is 0 Å². The molecule has 7 heteroatoms. The quantitative estimate of drug-likeness (QED) is 0.372. The SMILES string of the molecule is COc1cccc(C=O)c1OC(=O)C(Cl)(Cl)Cl. The number of hydrogen-bond acceptors (Lipinski definition) is 4. The van der Waals surface area contributed by atoms with Crippen LogP contribution in [-0.2, 0) is 4.79 Å². The van der Waals surface area contributed by atoms with Crippen LogP contribution in [0.2, 0.25) is 0 Å². The van der Waals surface area contributed by atoms with Crippen LogP contribution in [0.5, 0.6) is 11.5 Å². The highest BCUT2D eigenvalue weighted by molar-refractivity contribution is 6.75. The van der Waals surface area contributed by atoms with E-state index in [2.05, 4.69) is 0 Å². The fraction of sp³-hybridized carbons (Fsp3) is 0.200. The minimum absolute atomic E-state index is 0.0821. The highest BCUT2D eigenvalue weighted by Gasteiger charge is 2.34. The van der Waals surface area contributed by atoms with Crippen molar-refractivity contribution < 1.29 is 19.1 Å². The number of hydrogen-bond donors (Lipinski definition) is 0. The van der Waals surface area contributed by atoms with Crippen LogP contribution in [0, 0.1) is 0 Å². The van der Waals surface area contributed by atoms with Gasteiger partial charge in [0.15, 0.2) is 17.8 Å². The van der Waals surface area contributed by atoms with Crippen molar-refractivity contribution in [3.05, 3.63) is 23.8 Å². The molecule has 0 atom stereocenters. The average Bonchev–Trinajstić information content (AvgIpc) is 2.28. The summed E-state index contributed by atoms with van der Waals surface area (Å²) in [7, 11) is 1.36. The maximum atomic E-state index is 11.4. The Bertz CT molecular complexity index is 440. The van der Waals surface area contributed by atoms with E-state index in [0.29, 0.717) is 6.29 Å². The smallest absolute Gasteiger partial charge is 0.364 e. The molecule has 4 nitrogen and oxygen atoms in total. The van der Waals surface area contributed by atoms with Crippen molar-refractivity contribution in [3.8, 4) is 11.5 Å². The largest absolute Gasteiger partial charge is 0.493 e. The molecule has 17 heavy (non-hydrogen) atoms. The van der Waals surface area contributed by atoms with Crippen molar-refractivity contribution in [2.75, 3.05) is 7.11 Å². The zero-order valence-corrected chi connectivity index (χ0v) is 10.8. The summed E-state index contributed by atoms with van der Waals surface area (Å²) in [6.07, 6.45) is 0.503. The van der Waals surface area contributed by atoms with Gasteiger partial charge in [-0.05, 0) is 12.1 Å². The lowest BCUT2D eigenvalue weighted by atomic mass is 10.2. The summed E-state index contributed by atoms with van der Waals surface area (Å²) in [6.45, 7) is 0. The number of benzene rings is 1. The molecule has 0 spiro atoms. The number of carbonyl (C=O) groups is 2. The van der Waals surface area contributed by atoms with Gasteiger partial charge in [-0.3, -0.25) is 4.79 Å². The number of rotatable bonds is 3. The van der Waals surface area contributed by atoms with E-state index in [9.17, 15) is 9.59 Å². The lowest BCUT2D eigenvalue weighted by Gasteiger charge is -2.14. The molecule has 0 heterocycles. The topological polar surface area (TPSA) is 52.6 Å². The minimum atomic E-state index is -2.22. The summed E-state index contributed by atoms with van der Waals surface area (Å²) < 4.78 is 7.55. The van der Waals surface area contributed by atoms with Crippen molar-refractivity contribution in [2.24, 2.45) is 0 Å². The molecule has 0 aliphatic carbocycles. The highest BCUT2D eigenvalue weighted by Crippen LogP contribution is 2.34. The van der Waals surface area contributed by atoms with E-state index in [1.807, 2.05) is 0 Å². The third-order valence-corrected chi connectivity index (χ3v) is 2.25. The van der Waals surface area contributed by atoms with Crippen LogP contribution in [0.3, 0.4) is 0 Å². The molecule has 0 aromatic heterocycles. The molecule has 0 amide bonds. The molecular formula is C10H7Cl3O4. The second-order valence-corrected chi connectivity index (χ2v) is 5.16. The number of aldehydes is 1. The van der Waals surface area contributed by atoms with Crippen LogP contribution in [-0.4, -0.2) is 23.2 Å². The summed E-state index contributed by atoms with van der Waals surface area (Å²) in [6, 6.07) is 4.51. The maximum absolute atomic E-state index is 11.4. The summed E-state index contributed by atoms with van der Waals surface area (Å²) in [5, 5.41) is 0. The van der Waals surface area contributed by atoms with Crippen LogP contribution < -0.4 is 9.47 Å². The van der Waals surface area contributed by atoms with Gasteiger partial charge in [0.25, 0.3) is 3.79 Å². The van der Waals surface area contributed by atoms with Crippen molar-refractivity contribution >= 4 is 47.1 Å². The van der Waals surface area contributed by atoms with Gasteiger partial charge in [0.05, 0.1) is 12.7 Å². The molecule has 0 unspecified atom stereocenters. The molecule has 0 saturated heterocycles. The normalized spacial score (nSPS) is 10.8. The maximum Gasteiger partial charge on any atom is 0.364 e. The average molecular weight is 298 g/mol. The first kappa shape index (κ1) is 14.1. The van der Waals surface area contributed by atoms with Gasteiger partial charge in [-0.2, -0.15) is 0 Å².